The zero-order valence-corrected chi connectivity index (χ0v) is 14.0. The van der Waals surface area contributed by atoms with Gasteiger partial charge in [0.05, 0.1) is 12.2 Å². The highest BCUT2D eigenvalue weighted by atomic mass is 35.5. The van der Waals surface area contributed by atoms with Crippen LogP contribution in [0.15, 0.2) is 36.5 Å². The molecule has 1 fully saturated rings. The van der Waals surface area contributed by atoms with Crippen LogP contribution in [-0.4, -0.2) is 32.5 Å². The number of hydrogen-bond donors (Lipinski definition) is 1. The second kappa shape index (κ2) is 5.91. The van der Waals surface area contributed by atoms with Crippen LogP contribution in [0.3, 0.4) is 0 Å². The molecule has 1 aromatic carbocycles. The zero-order chi connectivity index (χ0) is 16.7. The average Bonchev–Trinajstić information content (AvgIpc) is 3.22. The number of carbonyl (C=O) groups excluding carboxylic acids is 1. The first-order valence-electron chi connectivity index (χ1n) is 8.00. The molecule has 0 unspecified atom stereocenters. The van der Waals surface area contributed by atoms with Crippen molar-refractivity contribution in [2.45, 2.75) is 25.8 Å². The first kappa shape index (κ1) is 15.1. The Balaban J connectivity index is 1.66. The molecular weight excluding hydrogens is 324 g/mol. The van der Waals surface area contributed by atoms with E-state index in [1.807, 2.05) is 42.2 Å². The number of nitrogens with one attached hydrogen (secondary N) is 1. The number of carbonyl (C=O) groups is 1. The molecule has 24 heavy (non-hydrogen) atoms. The minimum absolute atomic E-state index is 0.0325. The maximum Gasteiger partial charge on any atom is 0.272 e. The summed E-state index contributed by atoms with van der Waals surface area (Å²) in [5.41, 5.74) is 3.30. The lowest BCUT2D eigenvalue weighted by Gasteiger charge is -2.25. The van der Waals surface area contributed by atoms with Gasteiger partial charge in [0.2, 0.25) is 0 Å². The Hall–Kier alpha value is -2.40. The summed E-state index contributed by atoms with van der Waals surface area (Å²) in [5, 5.41) is 8.73. The molecule has 3 heterocycles. The number of likely N-dealkylation sites (tertiary alicyclic amines) is 1. The van der Waals surface area contributed by atoms with Gasteiger partial charge in [0.15, 0.2) is 0 Å². The van der Waals surface area contributed by atoms with Crippen LogP contribution in [0, 0.1) is 6.92 Å². The van der Waals surface area contributed by atoms with Crippen LogP contribution < -0.4 is 0 Å². The summed E-state index contributed by atoms with van der Waals surface area (Å²) in [7, 11) is 0. The molecule has 0 aliphatic carbocycles. The molecule has 4 rings (SSSR count). The number of benzene rings is 1. The molecule has 5 nitrogen and oxygen atoms in total. The summed E-state index contributed by atoms with van der Waals surface area (Å²) >= 11 is 5.97. The quantitative estimate of drug-likeness (QED) is 0.769. The highest BCUT2D eigenvalue weighted by Gasteiger charge is 2.31. The van der Waals surface area contributed by atoms with Gasteiger partial charge in [-0.1, -0.05) is 23.7 Å². The van der Waals surface area contributed by atoms with E-state index in [0.717, 1.165) is 41.5 Å². The van der Waals surface area contributed by atoms with E-state index in [4.69, 9.17) is 11.6 Å². The summed E-state index contributed by atoms with van der Waals surface area (Å²) in [6.45, 7) is 2.69. The number of amides is 1. The van der Waals surface area contributed by atoms with Crippen molar-refractivity contribution in [1.29, 1.82) is 0 Å². The van der Waals surface area contributed by atoms with Crippen LogP contribution in [0.4, 0.5) is 0 Å². The number of H-pyrrole nitrogens is 1. The Morgan fingerprint density at radius 2 is 2.12 bits per heavy atom. The summed E-state index contributed by atoms with van der Waals surface area (Å²) in [6.07, 6.45) is 3.60. The van der Waals surface area contributed by atoms with E-state index in [2.05, 4.69) is 15.2 Å². The summed E-state index contributed by atoms with van der Waals surface area (Å²) in [4.78, 5) is 19.2. The number of fused-ring (bicyclic) bond motifs is 1. The van der Waals surface area contributed by atoms with Crippen molar-refractivity contribution in [3.8, 4) is 0 Å². The van der Waals surface area contributed by atoms with Gasteiger partial charge in [0, 0.05) is 22.6 Å². The Kier molecular flexibility index (Phi) is 3.73. The third-order valence-electron chi connectivity index (χ3n) is 4.62. The summed E-state index contributed by atoms with van der Waals surface area (Å²) < 4.78 is 0. The maximum absolute atomic E-state index is 13.0. The Bertz CT molecular complexity index is 903. The largest absolute Gasteiger partial charge is 0.330 e. The normalized spacial score (nSPS) is 17.6. The lowest BCUT2D eigenvalue weighted by atomic mass is 10.0. The third-order valence-corrected chi connectivity index (χ3v) is 4.87. The SMILES string of the molecule is Cc1[nH]nc2cnc(C(=O)N3CCC[C@@H]3c3ccc(Cl)cc3)cc12. The summed E-state index contributed by atoms with van der Waals surface area (Å²) in [6, 6.07) is 9.64. The van der Waals surface area contributed by atoms with Crippen molar-refractivity contribution in [2.75, 3.05) is 6.54 Å². The van der Waals surface area contributed by atoms with Gasteiger partial charge < -0.3 is 4.90 Å². The van der Waals surface area contributed by atoms with Gasteiger partial charge in [0.1, 0.15) is 11.2 Å². The van der Waals surface area contributed by atoms with E-state index in [9.17, 15) is 4.79 Å². The topological polar surface area (TPSA) is 61.9 Å². The number of aromatic amines is 1. The molecule has 1 saturated heterocycles. The molecule has 1 amide bonds. The Morgan fingerprint density at radius 3 is 2.92 bits per heavy atom. The zero-order valence-electron chi connectivity index (χ0n) is 13.3. The molecule has 6 heteroatoms. The highest BCUT2D eigenvalue weighted by molar-refractivity contribution is 6.30. The standard InChI is InChI=1S/C18H17ClN4O/c1-11-14-9-15(20-10-16(14)22-21-11)18(24)23-8-2-3-17(23)12-4-6-13(19)7-5-12/h4-7,9-10,17H,2-3,8H2,1H3,(H,21,22)/t17-/m1/s1. The van der Waals surface area contributed by atoms with E-state index in [1.165, 1.54) is 0 Å². The number of hydrogen-bond acceptors (Lipinski definition) is 3. The fourth-order valence-corrected chi connectivity index (χ4v) is 3.47. The predicted octanol–water partition coefficient (Wildman–Crippen LogP) is 3.90. The molecule has 122 valence electrons. The first-order valence-corrected chi connectivity index (χ1v) is 8.38. The van der Waals surface area contributed by atoms with E-state index in [0.29, 0.717) is 10.7 Å². The molecule has 1 N–H and O–H groups in total. The maximum atomic E-state index is 13.0. The van der Waals surface area contributed by atoms with E-state index in [1.54, 1.807) is 6.20 Å². The van der Waals surface area contributed by atoms with Crippen molar-refractivity contribution in [2.24, 2.45) is 0 Å². The van der Waals surface area contributed by atoms with E-state index >= 15 is 0 Å². The fraction of sp³-hybridized carbons (Fsp3) is 0.278. The van der Waals surface area contributed by atoms with Gasteiger partial charge in [-0.05, 0) is 43.5 Å². The van der Waals surface area contributed by atoms with Crippen LogP contribution in [0.5, 0.6) is 0 Å². The van der Waals surface area contributed by atoms with Crippen LogP contribution in [0.25, 0.3) is 10.9 Å². The fourth-order valence-electron chi connectivity index (χ4n) is 3.35. The molecule has 0 radical (unpaired) electrons. The lowest BCUT2D eigenvalue weighted by molar-refractivity contribution is 0.0730. The number of halogens is 1. The van der Waals surface area contributed by atoms with Gasteiger partial charge >= 0.3 is 0 Å². The average molecular weight is 341 g/mol. The van der Waals surface area contributed by atoms with Crippen molar-refractivity contribution in [3.63, 3.8) is 0 Å². The molecule has 2 aromatic heterocycles. The second-order valence-electron chi connectivity index (χ2n) is 6.14. The third kappa shape index (κ3) is 2.55. The van der Waals surface area contributed by atoms with Crippen LogP contribution in [-0.2, 0) is 0 Å². The summed E-state index contributed by atoms with van der Waals surface area (Å²) in [5.74, 6) is -0.0325. The number of nitrogens with zero attached hydrogens (tertiary/aromatic N) is 3. The van der Waals surface area contributed by atoms with E-state index < -0.39 is 0 Å². The second-order valence-corrected chi connectivity index (χ2v) is 6.58. The van der Waals surface area contributed by atoms with Crippen molar-refractivity contribution in [1.82, 2.24) is 20.1 Å². The van der Waals surface area contributed by atoms with Gasteiger partial charge in [-0.3, -0.25) is 9.89 Å². The molecule has 1 aliphatic rings. The lowest BCUT2D eigenvalue weighted by Crippen LogP contribution is -2.31. The highest BCUT2D eigenvalue weighted by Crippen LogP contribution is 2.33. The molecule has 1 atom stereocenters. The van der Waals surface area contributed by atoms with Crippen molar-refractivity contribution in [3.05, 3.63) is 58.5 Å². The van der Waals surface area contributed by atoms with Gasteiger partial charge in [0.25, 0.3) is 5.91 Å². The molecular formula is C18H17ClN4O. The van der Waals surface area contributed by atoms with Crippen LogP contribution in [0.2, 0.25) is 5.02 Å². The molecule has 3 aromatic rings. The number of pyridine rings is 1. The van der Waals surface area contributed by atoms with Crippen molar-refractivity contribution < 1.29 is 4.79 Å². The van der Waals surface area contributed by atoms with Gasteiger partial charge in [-0.25, -0.2) is 4.98 Å². The molecule has 0 bridgehead atoms. The number of aryl methyl sites for hydroxylation is 1. The predicted molar refractivity (Wildman–Crippen MR) is 93.1 cm³/mol. The number of rotatable bonds is 2. The van der Waals surface area contributed by atoms with Gasteiger partial charge in [-0.15, -0.1) is 0 Å². The Morgan fingerprint density at radius 1 is 1.33 bits per heavy atom. The molecule has 0 saturated carbocycles. The molecule has 1 aliphatic heterocycles. The van der Waals surface area contributed by atoms with Crippen LogP contribution in [0.1, 0.15) is 40.6 Å². The smallest absolute Gasteiger partial charge is 0.272 e. The first-order chi connectivity index (χ1) is 11.6. The molecule has 0 spiro atoms. The monoisotopic (exact) mass is 340 g/mol. The number of aromatic nitrogens is 3. The van der Waals surface area contributed by atoms with E-state index in [-0.39, 0.29) is 11.9 Å². The minimum Gasteiger partial charge on any atom is -0.330 e. The Labute approximate surface area is 144 Å². The minimum atomic E-state index is -0.0325. The van der Waals surface area contributed by atoms with Crippen LogP contribution >= 0.6 is 11.6 Å². The van der Waals surface area contributed by atoms with Gasteiger partial charge in [-0.2, -0.15) is 5.10 Å². The van der Waals surface area contributed by atoms with Crippen molar-refractivity contribution >= 4 is 28.4 Å².